The zero-order valence-electron chi connectivity index (χ0n) is 17.1. The van der Waals surface area contributed by atoms with Gasteiger partial charge in [-0.25, -0.2) is 13.4 Å². The van der Waals surface area contributed by atoms with Crippen molar-refractivity contribution in [2.24, 2.45) is 0 Å². The monoisotopic (exact) mass is 451 g/mol. The maximum absolute atomic E-state index is 12.8. The molecule has 2 heterocycles. The Morgan fingerprint density at radius 2 is 1.71 bits per heavy atom. The third-order valence-electron chi connectivity index (χ3n) is 4.71. The Labute approximate surface area is 185 Å². The van der Waals surface area contributed by atoms with Crippen LogP contribution in [0.15, 0.2) is 87.5 Å². The van der Waals surface area contributed by atoms with E-state index < -0.39 is 10.0 Å². The first-order chi connectivity index (χ1) is 14.8. The smallest absolute Gasteiger partial charge is 0.261 e. The van der Waals surface area contributed by atoms with Crippen LogP contribution in [-0.4, -0.2) is 17.8 Å². The van der Waals surface area contributed by atoms with Crippen molar-refractivity contribution in [3.63, 3.8) is 0 Å². The highest BCUT2D eigenvalue weighted by atomic mass is 32.2. The normalized spacial score (nSPS) is 11.5. The highest BCUT2D eigenvalue weighted by molar-refractivity contribution is 7.98. The van der Waals surface area contributed by atoms with E-state index in [1.807, 2.05) is 38.1 Å². The van der Waals surface area contributed by atoms with Crippen LogP contribution in [0.25, 0.3) is 5.65 Å². The van der Waals surface area contributed by atoms with E-state index in [-0.39, 0.29) is 10.5 Å². The fraction of sp³-hybridized carbons (Fsp3) is 0.130. The topological polar surface area (TPSA) is 80.5 Å². The molecule has 0 aliphatic heterocycles. The maximum Gasteiger partial charge on any atom is 0.261 e. The van der Waals surface area contributed by atoms with Gasteiger partial charge in [0, 0.05) is 22.9 Å². The van der Waals surface area contributed by atoms with Crippen LogP contribution in [0.2, 0.25) is 0 Å². The molecule has 1 N–H and O–H groups in total. The van der Waals surface area contributed by atoms with Crippen LogP contribution in [0.3, 0.4) is 0 Å². The second kappa shape index (κ2) is 8.56. The molecular formula is C23H21N3O3S2. The van der Waals surface area contributed by atoms with Gasteiger partial charge in [-0.3, -0.25) is 13.9 Å². The molecule has 158 valence electrons. The van der Waals surface area contributed by atoms with Crippen molar-refractivity contribution in [3.8, 4) is 0 Å². The Morgan fingerprint density at radius 3 is 2.48 bits per heavy atom. The number of nitrogens with zero attached hydrogens (tertiary/aromatic N) is 2. The number of benzene rings is 2. The van der Waals surface area contributed by atoms with E-state index in [4.69, 9.17) is 0 Å². The summed E-state index contributed by atoms with van der Waals surface area (Å²) in [6.45, 7) is 3.85. The van der Waals surface area contributed by atoms with E-state index in [1.165, 1.54) is 22.2 Å². The Morgan fingerprint density at radius 1 is 0.968 bits per heavy atom. The van der Waals surface area contributed by atoms with Gasteiger partial charge in [-0.2, -0.15) is 0 Å². The SMILES string of the molecule is Cc1ccc(S(=O)(=O)Nc2ccccc2SCc2cc(=O)n3ccc(C)cc3n2)cc1. The van der Waals surface area contributed by atoms with E-state index >= 15 is 0 Å². The van der Waals surface area contributed by atoms with Gasteiger partial charge in [0.1, 0.15) is 5.65 Å². The summed E-state index contributed by atoms with van der Waals surface area (Å²) in [6.07, 6.45) is 1.71. The number of aromatic nitrogens is 2. The predicted octanol–water partition coefficient (Wildman–Crippen LogP) is 4.40. The lowest BCUT2D eigenvalue weighted by molar-refractivity contribution is 0.601. The summed E-state index contributed by atoms with van der Waals surface area (Å²) >= 11 is 1.42. The first-order valence-electron chi connectivity index (χ1n) is 9.62. The van der Waals surface area contributed by atoms with Gasteiger partial charge in [-0.1, -0.05) is 29.8 Å². The molecular weight excluding hydrogens is 430 g/mol. The molecule has 0 unspecified atom stereocenters. The van der Waals surface area contributed by atoms with Gasteiger partial charge in [0.2, 0.25) is 0 Å². The first kappa shape index (κ1) is 21.1. The minimum absolute atomic E-state index is 0.144. The van der Waals surface area contributed by atoms with Crippen LogP contribution in [0, 0.1) is 13.8 Å². The Bertz CT molecular complexity index is 1410. The van der Waals surface area contributed by atoms with Crippen LogP contribution in [0.5, 0.6) is 0 Å². The Hall–Kier alpha value is -3.10. The second-order valence-corrected chi connectivity index (χ2v) is 9.92. The van der Waals surface area contributed by atoms with E-state index in [0.717, 1.165) is 16.0 Å². The van der Waals surface area contributed by atoms with E-state index in [9.17, 15) is 13.2 Å². The van der Waals surface area contributed by atoms with Crippen molar-refractivity contribution in [1.82, 2.24) is 9.38 Å². The van der Waals surface area contributed by atoms with Crippen LogP contribution < -0.4 is 10.3 Å². The lowest BCUT2D eigenvalue weighted by Crippen LogP contribution is -2.15. The number of para-hydroxylation sites is 1. The molecule has 0 atom stereocenters. The van der Waals surface area contributed by atoms with Crippen molar-refractivity contribution in [3.05, 3.63) is 100 Å². The third kappa shape index (κ3) is 4.81. The molecule has 4 aromatic rings. The second-order valence-electron chi connectivity index (χ2n) is 7.22. The molecule has 2 aromatic heterocycles. The fourth-order valence-corrected chi connectivity index (χ4v) is 5.12. The van der Waals surface area contributed by atoms with Gasteiger partial charge in [0.05, 0.1) is 16.3 Å². The molecule has 0 bridgehead atoms. The standard InChI is InChI=1S/C23H21N3O3S2/c1-16-7-9-19(10-8-16)31(28,29)25-20-5-3-4-6-21(20)30-15-18-14-23(27)26-12-11-17(2)13-22(26)24-18/h3-14,25H,15H2,1-2H3. The summed E-state index contributed by atoms with van der Waals surface area (Å²) in [7, 11) is -3.71. The number of fused-ring (bicyclic) bond motifs is 1. The highest BCUT2D eigenvalue weighted by Gasteiger charge is 2.16. The number of anilines is 1. The van der Waals surface area contributed by atoms with Gasteiger partial charge in [0.25, 0.3) is 15.6 Å². The molecule has 0 amide bonds. The van der Waals surface area contributed by atoms with E-state index in [0.29, 0.717) is 22.8 Å². The zero-order chi connectivity index (χ0) is 22.0. The Kier molecular flexibility index (Phi) is 5.84. The number of thioether (sulfide) groups is 1. The van der Waals surface area contributed by atoms with Crippen LogP contribution in [0.4, 0.5) is 5.69 Å². The van der Waals surface area contributed by atoms with Gasteiger partial charge < -0.3 is 0 Å². The largest absolute Gasteiger partial charge is 0.278 e. The highest BCUT2D eigenvalue weighted by Crippen LogP contribution is 2.31. The van der Waals surface area contributed by atoms with Gasteiger partial charge in [-0.05, 0) is 55.8 Å². The van der Waals surface area contributed by atoms with Crippen molar-refractivity contribution in [2.45, 2.75) is 29.4 Å². The van der Waals surface area contributed by atoms with Gasteiger partial charge >= 0.3 is 0 Å². The average molecular weight is 452 g/mol. The van der Waals surface area contributed by atoms with E-state index in [2.05, 4.69) is 9.71 Å². The molecule has 0 saturated carbocycles. The molecule has 0 aliphatic carbocycles. The number of rotatable bonds is 6. The average Bonchev–Trinajstić information content (AvgIpc) is 2.73. The first-order valence-corrected chi connectivity index (χ1v) is 12.1. The molecule has 4 rings (SSSR count). The number of sulfonamides is 1. The number of pyridine rings is 1. The maximum atomic E-state index is 12.8. The number of aryl methyl sites for hydroxylation is 2. The summed E-state index contributed by atoms with van der Waals surface area (Å²) in [5, 5.41) is 0. The molecule has 0 radical (unpaired) electrons. The zero-order valence-corrected chi connectivity index (χ0v) is 18.7. The molecule has 0 fully saturated rings. The quantitative estimate of drug-likeness (QED) is 0.440. The van der Waals surface area contributed by atoms with Crippen molar-refractivity contribution in [1.29, 1.82) is 0 Å². The lowest BCUT2D eigenvalue weighted by atomic mass is 10.2. The molecule has 31 heavy (non-hydrogen) atoms. The van der Waals surface area contributed by atoms with Crippen molar-refractivity contribution in [2.75, 3.05) is 4.72 Å². The van der Waals surface area contributed by atoms with Gasteiger partial charge in [-0.15, -0.1) is 11.8 Å². The Balaban J connectivity index is 1.58. The summed E-state index contributed by atoms with van der Waals surface area (Å²) in [6, 6.07) is 19.1. The molecule has 2 aromatic carbocycles. The minimum Gasteiger partial charge on any atom is -0.278 e. The third-order valence-corrected chi connectivity index (χ3v) is 7.20. The predicted molar refractivity (Wildman–Crippen MR) is 124 cm³/mol. The summed E-state index contributed by atoms with van der Waals surface area (Å²) < 4.78 is 29.7. The molecule has 0 spiro atoms. The summed E-state index contributed by atoms with van der Waals surface area (Å²) in [5.41, 5.74) is 3.58. The van der Waals surface area contributed by atoms with Gasteiger partial charge in [0.15, 0.2) is 0 Å². The molecule has 0 saturated heterocycles. The lowest BCUT2D eigenvalue weighted by Gasteiger charge is -2.12. The number of hydrogen-bond acceptors (Lipinski definition) is 5. The van der Waals surface area contributed by atoms with Crippen molar-refractivity contribution < 1.29 is 8.42 Å². The van der Waals surface area contributed by atoms with Crippen LogP contribution in [0.1, 0.15) is 16.8 Å². The molecule has 8 heteroatoms. The summed E-state index contributed by atoms with van der Waals surface area (Å²) in [4.78, 5) is 17.9. The molecule has 0 aliphatic rings. The summed E-state index contributed by atoms with van der Waals surface area (Å²) in [5.74, 6) is 0.433. The fourth-order valence-electron chi connectivity index (χ4n) is 3.08. The molecule has 6 nitrogen and oxygen atoms in total. The van der Waals surface area contributed by atoms with Crippen LogP contribution in [-0.2, 0) is 15.8 Å². The number of hydrogen-bond donors (Lipinski definition) is 1. The minimum atomic E-state index is -3.71. The van der Waals surface area contributed by atoms with E-state index in [1.54, 1.807) is 42.6 Å². The number of nitrogens with one attached hydrogen (secondary N) is 1. The van der Waals surface area contributed by atoms with Crippen molar-refractivity contribution >= 4 is 33.1 Å². The van der Waals surface area contributed by atoms with Crippen LogP contribution >= 0.6 is 11.8 Å².